The number of nitrogens with zero attached hydrogens (tertiary/aromatic N) is 2. The Balaban J connectivity index is 2.14. The quantitative estimate of drug-likeness (QED) is 0.915. The van der Waals surface area contributed by atoms with E-state index in [-0.39, 0.29) is 6.04 Å². The normalized spacial score (nSPS) is 13.0. The molecule has 1 unspecified atom stereocenters. The SMILES string of the molecule is Cc1csc(CC(N)c2sc(C)nc2C)n1. The van der Waals surface area contributed by atoms with Crippen LogP contribution in [0.3, 0.4) is 0 Å². The fourth-order valence-corrected chi connectivity index (χ4v) is 3.43. The van der Waals surface area contributed by atoms with Crippen molar-refractivity contribution in [3.8, 4) is 0 Å². The van der Waals surface area contributed by atoms with Gasteiger partial charge in [0.15, 0.2) is 0 Å². The van der Waals surface area contributed by atoms with Gasteiger partial charge in [-0.3, -0.25) is 0 Å². The molecular formula is C11H15N3S2. The summed E-state index contributed by atoms with van der Waals surface area (Å²) in [6.45, 7) is 6.04. The monoisotopic (exact) mass is 253 g/mol. The summed E-state index contributed by atoms with van der Waals surface area (Å²) in [5.74, 6) is 0. The topological polar surface area (TPSA) is 51.8 Å². The lowest BCUT2D eigenvalue weighted by Crippen LogP contribution is -2.12. The number of rotatable bonds is 3. The van der Waals surface area contributed by atoms with Crippen LogP contribution in [0.5, 0.6) is 0 Å². The van der Waals surface area contributed by atoms with Gasteiger partial charge < -0.3 is 5.73 Å². The number of nitrogens with two attached hydrogens (primary N) is 1. The lowest BCUT2D eigenvalue weighted by molar-refractivity contribution is 0.723. The van der Waals surface area contributed by atoms with Gasteiger partial charge >= 0.3 is 0 Å². The third-order valence-electron chi connectivity index (χ3n) is 2.34. The second-order valence-electron chi connectivity index (χ2n) is 3.88. The zero-order chi connectivity index (χ0) is 11.7. The van der Waals surface area contributed by atoms with Crippen molar-refractivity contribution in [1.29, 1.82) is 0 Å². The Kier molecular flexibility index (Phi) is 3.37. The van der Waals surface area contributed by atoms with E-state index in [0.29, 0.717) is 0 Å². The van der Waals surface area contributed by atoms with Crippen LogP contribution in [0, 0.1) is 20.8 Å². The van der Waals surface area contributed by atoms with Crippen molar-refractivity contribution in [2.45, 2.75) is 33.2 Å². The molecular weight excluding hydrogens is 238 g/mol. The Morgan fingerprint density at radius 1 is 1.31 bits per heavy atom. The molecule has 0 aromatic carbocycles. The molecule has 0 saturated carbocycles. The van der Waals surface area contributed by atoms with E-state index in [9.17, 15) is 0 Å². The molecule has 0 saturated heterocycles. The summed E-state index contributed by atoms with van der Waals surface area (Å²) in [7, 11) is 0. The van der Waals surface area contributed by atoms with Crippen LogP contribution in [-0.2, 0) is 6.42 Å². The van der Waals surface area contributed by atoms with E-state index >= 15 is 0 Å². The van der Waals surface area contributed by atoms with E-state index < -0.39 is 0 Å². The minimum absolute atomic E-state index is 0.0248. The predicted molar refractivity (Wildman–Crippen MR) is 69.1 cm³/mol. The van der Waals surface area contributed by atoms with E-state index in [1.807, 2.05) is 20.8 Å². The predicted octanol–water partition coefficient (Wildman–Crippen LogP) is 2.77. The highest BCUT2D eigenvalue weighted by Crippen LogP contribution is 2.26. The van der Waals surface area contributed by atoms with Crippen molar-refractivity contribution in [2.75, 3.05) is 0 Å². The van der Waals surface area contributed by atoms with Gasteiger partial charge in [-0.15, -0.1) is 22.7 Å². The molecule has 0 amide bonds. The molecule has 86 valence electrons. The number of aryl methyl sites for hydroxylation is 3. The molecule has 0 aliphatic carbocycles. The molecule has 2 aromatic rings. The van der Waals surface area contributed by atoms with Crippen molar-refractivity contribution in [2.24, 2.45) is 5.73 Å². The summed E-state index contributed by atoms with van der Waals surface area (Å²) >= 11 is 3.37. The molecule has 2 aromatic heterocycles. The maximum Gasteiger partial charge on any atom is 0.0947 e. The van der Waals surface area contributed by atoms with Gasteiger partial charge in [0.05, 0.1) is 15.7 Å². The van der Waals surface area contributed by atoms with E-state index in [1.165, 1.54) is 4.88 Å². The Morgan fingerprint density at radius 2 is 2.06 bits per heavy atom. The van der Waals surface area contributed by atoms with Crippen molar-refractivity contribution in [3.05, 3.63) is 31.7 Å². The average molecular weight is 253 g/mol. The lowest BCUT2D eigenvalue weighted by Gasteiger charge is -2.07. The summed E-state index contributed by atoms with van der Waals surface area (Å²) in [5, 5.41) is 4.25. The highest BCUT2D eigenvalue weighted by molar-refractivity contribution is 7.11. The fourth-order valence-electron chi connectivity index (χ4n) is 1.67. The summed E-state index contributed by atoms with van der Waals surface area (Å²) in [5.41, 5.74) is 8.32. The second-order valence-corrected chi connectivity index (χ2v) is 6.05. The van der Waals surface area contributed by atoms with E-state index in [4.69, 9.17) is 5.73 Å². The van der Waals surface area contributed by atoms with Crippen LogP contribution in [0.15, 0.2) is 5.38 Å². The Labute approximate surface area is 103 Å². The molecule has 0 spiro atoms. The first kappa shape index (κ1) is 11.7. The van der Waals surface area contributed by atoms with Crippen LogP contribution < -0.4 is 5.73 Å². The lowest BCUT2D eigenvalue weighted by atomic mass is 10.1. The van der Waals surface area contributed by atoms with Gasteiger partial charge in [-0.2, -0.15) is 0 Å². The van der Waals surface area contributed by atoms with E-state index in [0.717, 1.165) is 27.8 Å². The average Bonchev–Trinajstić information content (AvgIpc) is 2.73. The molecule has 0 bridgehead atoms. The van der Waals surface area contributed by atoms with Crippen molar-refractivity contribution in [3.63, 3.8) is 0 Å². The molecule has 2 heterocycles. The number of thiazole rings is 2. The van der Waals surface area contributed by atoms with Gasteiger partial charge in [0.1, 0.15) is 0 Å². The van der Waals surface area contributed by atoms with Crippen LogP contribution in [0.25, 0.3) is 0 Å². The standard InChI is InChI=1S/C11H15N3S2/c1-6-5-15-10(13-6)4-9(12)11-7(2)14-8(3)16-11/h5,9H,4,12H2,1-3H3. The highest BCUT2D eigenvalue weighted by Gasteiger charge is 2.15. The third kappa shape index (κ3) is 2.48. The molecule has 0 radical (unpaired) electrons. The Hall–Kier alpha value is -0.780. The molecule has 0 aliphatic rings. The molecule has 0 fully saturated rings. The minimum Gasteiger partial charge on any atom is -0.323 e. The van der Waals surface area contributed by atoms with Crippen molar-refractivity contribution < 1.29 is 0 Å². The molecule has 3 nitrogen and oxygen atoms in total. The maximum atomic E-state index is 6.19. The van der Waals surface area contributed by atoms with Gasteiger partial charge in [0.25, 0.3) is 0 Å². The van der Waals surface area contributed by atoms with Crippen LogP contribution in [0.2, 0.25) is 0 Å². The minimum atomic E-state index is 0.0248. The van der Waals surface area contributed by atoms with E-state index in [1.54, 1.807) is 22.7 Å². The van der Waals surface area contributed by atoms with E-state index in [2.05, 4.69) is 15.3 Å². The first-order chi connectivity index (χ1) is 7.56. The molecule has 2 rings (SSSR count). The van der Waals surface area contributed by atoms with Gasteiger partial charge in [-0.05, 0) is 20.8 Å². The summed E-state index contributed by atoms with van der Waals surface area (Å²) in [4.78, 5) is 10.0. The maximum absolute atomic E-state index is 6.19. The smallest absolute Gasteiger partial charge is 0.0947 e. The third-order valence-corrected chi connectivity index (χ3v) is 4.53. The highest BCUT2D eigenvalue weighted by atomic mass is 32.1. The largest absolute Gasteiger partial charge is 0.323 e. The Bertz CT molecular complexity index is 487. The Morgan fingerprint density at radius 3 is 2.56 bits per heavy atom. The van der Waals surface area contributed by atoms with Crippen LogP contribution in [-0.4, -0.2) is 9.97 Å². The molecule has 1 atom stereocenters. The summed E-state index contributed by atoms with van der Waals surface area (Å²) in [6, 6.07) is 0.0248. The second kappa shape index (κ2) is 4.61. The van der Waals surface area contributed by atoms with Crippen molar-refractivity contribution >= 4 is 22.7 Å². The van der Waals surface area contributed by atoms with Gasteiger partial charge in [0.2, 0.25) is 0 Å². The van der Waals surface area contributed by atoms with Gasteiger partial charge in [-0.25, -0.2) is 9.97 Å². The van der Waals surface area contributed by atoms with Crippen molar-refractivity contribution in [1.82, 2.24) is 9.97 Å². The number of hydrogen-bond donors (Lipinski definition) is 1. The summed E-state index contributed by atoms with van der Waals surface area (Å²) in [6.07, 6.45) is 0.807. The van der Waals surface area contributed by atoms with Crippen LogP contribution >= 0.6 is 22.7 Å². The molecule has 2 N–H and O–H groups in total. The van der Waals surface area contributed by atoms with Crippen LogP contribution in [0.4, 0.5) is 0 Å². The first-order valence-electron chi connectivity index (χ1n) is 5.16. The van der Waals surface area contributed by atoms with Crippen LogP contribution in [0.1, 0.15) is 32.3 Å². The zero-order valence-electron chi connectivity index (χ0n) is 9.65. The zero-order valence-corrected chi connectivity index (χ0v) is 11.3. The van der Waals surface area contributed by atoms with Gasteiger partial charge in [-0.1, -0.05) is 0 Å². The molecule has 0 aliphatic heterocycles. The summed E-state index contributed by atoms with van der Waals surface area (Å²) < 4.78 is 0. The molecule has 16 heavy (non-hydrogen) atoms. The van der Waals surface area contributed by atoms with Gasteiger partial charge in [0, 0.05) is 28.4 Å². The first-order valence-corrected chi connectivity index (χ1v) is 6.86. The fraction of sp³-hybridized carbons (Fsp3) is 0.455. The molecule has 5 heteroatoms. The number of hydrogen-bond acceptors (Lipinski definition) is 5. The number of aromatic nitrogens is 2.